The minimum Gasteiger partial charge on any atom is -0.354 e. The van der Waals surface area contributed by atoms with E-state index < -0.39 is 0 Å². The van der Waals surface area contributed by atoms with Crippen molar-refractivity contribution in [3.63, 3.8) is 0 Å². The van der Waals surface area contributed by atoms with Gasteiger partial charge in [-0.15, -0.1) is 0 Å². The number of hydrogen-bond donors (Lipinski definition) is 0. The predicted octanol–water partition coefficient (Wildman–Crippen LogP) is 2.97. The summed E-state index contributed by atoms with van der Waals surface area (Å²) in [6, 6.07) is 0. The summed E-state index contributed by atoms with van der Waals surface area (Å²) in [5.74, 6) is 1.55. The number of halogens is 1. The van der Waals surface area contributed by atoms with Crippen molar-refractivity contribution in [3.8, 4) is 0 Å². The molecular formula is C12H17BrN4. The van der Waals surface area contributed by atoms with Gasteiger partial charge in [-0.2, -0.15) is 0 Å². The molecule has 0 aliphatic carbocycles. The Morgan fingerprint density at radius 3 is 2.88 bits per heavy atom. The highest BCUT2D eigenvalue weighted by molar-refractivity contribution is 9.10. The largest absolute Gasteiger partial charge is 0.354 e. The van der Waals surface area contributed by atoms with Crippen LogP contribution in [0.25, 0.3) is 5.65 Å². The molecule has 0 aliphatic heterocycles. The van der Waals surface area contributed by atoms with Crippen molar-refractivity contribution in [2.45, 2.75) is 20.8 Å². The van der Waals surface area contributed by atoms with Crippen molar-refractivity contribution in [3.05, 3.63) is 23.2 Å². The van der Waals surface area contributed by atoms with Gasteiger partial charge < -0.3 is 9.30 Å². The van der Waals surface area contributed by atoms with Gasteiger partial charge in [0.1, 0.15) is 4.60 Å². The van der Waals surface area contributed by atoms with Gasteiger partial charge in [0.2, 0.25) is 0 Å². The van der Waals surface area contributed by atoms with Gasteiger partial charge >= 0.3 is 0 Å². The molecule has 0 saturated heterocycles. The first-order valence-corrected chi connectivity index (χ1v) is 6.65. The molecule has 0 spiro atoms. The van der Waals surface area contributed by atoms with E-state index in [1.807, 2.05) is 16.8 Å². The van der Waals surface area contributed by atoms with E-state index in [1.54, 1.807) is 6.20 Å². The molecule has 0 saturated carbocycles. The molecule has 4 nitrogen and oxygen atoms in total. The lowest BCUT2D eigenvalue weighted by atomic mass is 10.2. The Balaban J connectivity index is 2.47. The second kappa shape index (κ2) is 5.04. The lowest BCUT2D eigenvalue weighted by Crippen LogP contribution is -2.28. The quantitative estimate of drug-likeness (QED) is 0.870. The molecule has 0 fully saturated rings. The van der Waals surface area contributed by atoms with E-state index in [-0.39, 0.29) is 0 Å². The topological polar surface area (TPSA) is 33.4 Å². The smallest absolute Gasteiger partial charge is 0.180 e. The summed E-state index contributed by atoms with van der Waals surface area (Å²) in [4.78, 5) is 11.2. The molecule has 0 radical (unpaired) electrons. The molecule has 0 N–H and O–H groups in total. The van der Waals surface area contributed by atoms with Crippen molar-refractivity contribution < 1.29 is 0 Å². The van der Waals surface area contributed by atoms with Crippen LogP contribution in [-0.2, 0) is 0 Å². The predicted molar refractivity (Wildman–Crippen MR) is 73.4 cm³/mol. The first kappa shape index (κ1) is 12.4. The Bertz CT molecular complexity index is 506. The van der Waals surface area contributed by atoms with Crippen LogP contribution in [0.4, 0.5) is 5.82 Å². The maximum Gasteiger partial charge on any atom is 0.180 e. The normalized spacial score (nSPS) is 11.4. The summed E-state index contributed by atoms with van der Waals surface area (Å²) in [5, 5.41) is 0. The highest BCUT2D eigenvalue weighted by Crippen LogP contribution is 2.21. The van der Waals surface area contributed by atoms with Crippen LogP contribution in [0.5, 0.6) is 0 Å². The maximum atomic E-state index is 4.56. The van der Waals surface area contributed by atoms with Gasteiger partial charge in [0.25, 0.3) is 0 Å². The molecule has 0 atom stereocenters. The molecule has 2 aromatic rings. The van der Waals surface area contributed by atoms with Gasteiger partial charge in [-0.25, -0.2) is 9.97 Å². The van der Waals surface area contributed by atoms with Crippen molar-refractivity contribution >= 4 is 27.4 Å². The average Bonchev–Trinajstić information content (AvgIpc) is 2.72. The molecule has 0 aromatic carbocycles. The van der Waals surface area contributed by atoms with E-state index in [9.17, 15) is 0 Å². The van der Waals surface area contributed by atoms with Crippen LogP contribution in [0, 0.1) is 5.92 Å². The zero-order chi connectivity index (χ0) is 12.4. The summed E-state index contributed by atoms with van der Waals surface area (Å²) in [5.41, 5.74) is 0.913. The lowest BCUT2D eigenvalue weighted by Gasteiger charge is -2.24. The highest BCUT2D eigenvalue weighted by Gasteiger charge is 2.14. The van der Waals surface area contributed by atoms with Crippen LogP contribution in [0.15, 0.2) is 23.2 Å². The Morgan fingerprint density at radius 1 is 1.47 bits per heavy atom. The molecule has 2 heterocycles. The SMILES string of the molecule is CCN(CC(C)C)c1nc(Br)cn2ccnc12. The van der Waals surface area contributed by atoms with Crippen molar-refractivity contribution in [2.24, 2.45) is 5.92 Å². The summed E-state index contributed by atoms with van der Waals surface area (Å²) >= 11 is 3.45. The molecule has 0 amide bonds. The number of fused-ring (bicyclic) bond motifs is 1. The third kappa shape index (κ3) is 2.60. The number of aromatic nitrogens is 3. The van der Waals surface area contributed by atoms with Crippen LogP contribution in [0.2, 0.25) is 0 Å². The Morgan fingerprint density at radius 2 is 2.24 bits per heavy atom. The van der Waals surface area contributed by atoms with Gasteiger partial charge in [-0.05, 0) is 28.8 Å². The fourth-order valence-electron chi connectivity index (χ4n) is 1.90. The molecular weight excluding hydrogens is 280 g/mol. The Hall–Kier alpha value is -1.10. The number of rotatable bonds is 4. The van der Waals surface area contributed by atoms with Gasteiger partial charge in [0.15, 0.2) is 11.5 Å². The second-order valence-electron chi connectivity index (χ2n) is 4.48. The van der Waals surface area contributed by atoms with Gasteiger partial charge in [0.05, 0.1) is 0 Å². The van der Waals surface area contributed by atoms with Gasteiger partial charge in [-0.3, -0.25) is 0 Å². The van der Waals surface area contributed by atoms with Crippen LogP contribution in [0.3, 0.4) is 0 Å². The van der Waals surface area contributed by atoms with E-state index in [1.165, 1.54) is 0 Å². The number of imidazole rings is 1. The number of hydrogen-bond acceptors (Lipinski definition) is 3. The molecule has 2 rings (SSSR count). The first-order chi connectivity index (χ1) is 8.11. The minimum atomic E-state index is 0.603. The van der Waals surface area contributed by atoms with E-state index in [0.717, 1.165) is 29.2 Å². The Kier molecular flexibility index (Phi) is 3.66. The van der Waals surface area contributed by atoms with E-state index in [4.69, 9.17) is 0 Å². The summed E-state index contributed by atoms with van der Waals surface area (Å²) in [6.45, 7) is 8.49. The summed E-state index contributed by atoms with van der Waals surface area (Å²) in [6.07, 6.45) is 5.67. The average molecular weight is 297 g/mol. The fourth-order valence-corrected chi connectivity index (χ4v) is 2.29. The third-order valence-corrected chi connectivity index (χ3v) is 2.98. The number of nitrogens with zero attached hydrogens (tertiary/aromatic N) is 4. The maximum absolute atomic E-state index is 4.56. The van der Waals surface area contributed by atoms with Crippen LogP contribution >= 0.6 is 15.9 Å². The molecule has 0 aliphatic rings. The molecule has 92 valence electrons. The number of anilines is 1. The molecule has 17 heavy (non-hydrogen) atoms. The van der Waals surface area contributed by atoms with Gasteiger partial charge in [-0.1, -0.05) is 13.8 Å². The van der Waals surface area contributed by atoms with Crippen LogP contribution in [-0.4, -0.2) is 27.5 Å². The first-order valence-electron chi connectivity index (χ1n) is 5.86. The summed E-state index contributed by atoms with van der Waals surface area (Å²) in [7, 11) is 0. The highest BCUT2D eigenvalue weighted by atomic mass is 79.9. The van der Waals surface area contributed by atoms with E-state index in [2.05, 4.69) is 51.6 Å². The molecule has 5 heteroatoms. The second-order valence-corrected chi connectivity index (χ2v) is 5.29. The van der Waals surface area contributed by atoms with Crippen LogP contribution < -0.4 is 4.90 Å². The third-order valence-electron chi connectivity index (χ3n) is 2.59. The van der Waals surface area contributed by atoms with Crippen molar-refractivity contribution in [2.75, 3.05) is 18.0 Å². The standard InChI is InChI=1S/C12H17BrN4/c1-4-16(7-9(2)3)12-11-14-5-6-17(11)8-10(13)15-12/h5-6,8-9H,4,7H2,1-3H3. The zero-order valence-corrected chi connectivity index (χ0v) is 12.0. The summed E-state index contributed by atoms with van der Waals surface area (Å²) < 4.78 is 2.83. The molecule has 2 aromatic heterocycles. The Labute approximate surface area is 110 Å². The van der Waals surface area contributed by atoms with Crippen molar-refractivity contribution in [1.82, 2.24) is 14.4 Å². The minimum absolute atomic E-state index is 0.603. The van der Waals surface area contributed by atoms with E-state index in [0.29, 0.717) is 5.92 Å². The van der Waals surface area contributed by atoms with E-state index >= 15 is 0 Å². The lowest BCUT2D eigenvalue weighted by molar-refractivity contribution is 0.614. The zero-order valence-electron chi connectivity index (χ0n) is 10.4. The molecule has 0 unspecified atom stereocenters. The fraction of sp³-hybridized carbons (Fsp3) is 0.500. The van der Waals surface area contributed by atoms with Crippen LogP contribution in [0.1, 0.15) is 20.8 Å². The molecule has 0 bridgehead atoms. The van der Waals surface area contributed by atoms with Crippen molar-refractivity contribution in [1.29, 1.82) is 0 Å². The van der Waals surface area contributed by atoms with Gasteiger partial charge in [0, 0.05) is 31.7 Å². The monoisotopic (exact) mass is 296 g/mol.